The van der Waals surface area contributed by atoms with Gasteiger partial charge in [-0.1, -0.05) is 17.7 Å². The Bertz CT molecular complexity index is 664. The van der Waals surface area contributed by atoms with Gasteiger partial charge in [-0.2, -0.15) is 0 Å². The van der Waals surface area contributed by atoms with Crippen LogP contribution in [0.3, 0.4) is 0 Å². The number of aliphatic imine (C=N–C) groups is 1. The van der Waals surface area contributed by atoms with E-state index in [9.17, 15) is 4.79 Å². The summed E-state index contributed by atoms with van der Waals surface area (Å²) in [5.74, 6) is -0.312. The van der Waals surface area contributed by atoms with Crippen molar-refractivity contribution in [3.05, 3.63) is 52.0 Å². The first kappa shape index (κ1) is 16.8. The first-order valence-electron chi connectivity index (χ1n) is 6.76. The van der Waals surface area contributed by atoms with Crippen LogP contribution in [0, 0.1) is 0 Å². The lowest BCUT2D eigenvalue weighted by atomic mass is 10.2. The van der Waals surface area contributed by atoms with E-state index in [0.29, 0.717) is 18.1 Å². The average Bonchev–Trinajstić information content (AvgIpc) is 2.84. The van der Waals surface area contributed by atoms with Crippen LogP contribution in [0.25, 0.3) is 0 Å². The molecule has 2 aliphatic heterocycles. The molecule has 0 radical (unpaired) electrons. The summed E-state index contributed by atoms with van der Waals surface area (Å²) in [6, 6.07) is 0. The van der Waals surface area contributed by atoms with Crippen LogP contribution >= 0.6 is 27.5 Å². The number of esters is 1. The monoisotopic (exact) mass is 382 g/mol. The van der Waals surface area contributed by atoms with Crippen molar-refractivity contribution >= 4 is 38.1 Å². The molecule has 0 bridgehead atoms. The summed E-state index contributed by atoms with van der Waals surface area (Å²) in [5.41, 5.74) is 5.93. The van der Waals surface area contributed by atoms with Gasteiger partial charge < -0.3 is 9.64 Å². The van der Waals surface area contributed by atoms with Crippen molar-refractivity contribution in [2.24, 2.45) is 4.99 Å². The highest BCUT2D eigenvalue weighted by Gasteiger charge is 2.19. The Balaban J connectivity index is 2.20. The minimum absolute atomic E-state index is 0.285. The van der Waals surface area contributed by atoms with Gasteiger partial charge in [0.05, 0.1) is 5.70 Å². The molecule has 22 heavy (non-hydrogen) atoms. The molecule has 6 heteroatoms. The second-order valence-corrected chi connectivity index (χ2v) is 6.30. The third-order valence-electron chi connectivity index (χ3n) is 3.15. The summed E-state index contributed by atoms with van der Waals surface area (Å²) < 4.78 is 5.75. The van der Waals surface area contributed by atoms with Crippen molar-refractivity contribution in [3.63, 3.8) is 0 Å². The zero-order valence-corrected chi connectivity index (χ0v) is 14.7. The number of allylic oxidation sites excluding steroid dienone is 1. The summed E-state index contributed by atoms with van der Waals surface area (Å²) in [6.07, 6.45) is 7.09. The van der Waals surface area contributed by atoms with Gasteiger partial charge in [0.2, 0.25) is 0 Å². The van der Waals surface area contributed by atoms with E-state index >= 15 is 0 Å². The number of carbonyl (C=O) groups excluding carboxylic acids is 1. The molecule has 2 heterocycles. The van der Waals surface area contributed by atoms with Crippen molar-refractivity contribution in [1.82, 2.24) is 4.90 Å². The number of rotatable bonds is 5. The van der Waals surface area contributed by atoms with Gasteiger partial charge in [0, 0.05) is 36.0 Å². The standard InChI is InChI=1S/C16H16BrClN2O2/c1-11-3-4-13(8-19-16(11)17)9-20(6-5-12(2)18)14-7-15(21)22-10-14/h4-5,7-8H,6,9-10H2,1-2H3/b12-5-. The zero-order chi connectivity index (χ0) is 16.1. The van der Waals surface area contributed by atoms with Gasteiger partial charge in [-0.3, -0.25) is 0 Å². The number of halogens is 2. The Morgan fingerprint density at radius 2 is 2.41 bits per heavy atom. The smallest absolute Gasteiger partial charge is 0.333 e. The molecule has 2 rings (SSSR count). The fourth-order valence-corrected chi connectivity index (χ4v) is 2.19. The highest BCUT2D eigenvalue weighted by Crippen LogP contribution is 2.17. The summed E-state index contributed by atoms with van der Waals surface area (Å²) in [4.78, 5) is 17.7. The van der Waals surface area contributed by atoms with E-state index in [-0.39, 0.29) is 12.6 Å². The van der Waals surface area contributed by atoms with Crippen molar-refractivity contribution in [3.8, 4) is 0 Å². The topological polar surface area (TPSA) is 41.9 Å². The van der Waals surface area contributed by atoms with Gasteiger partial charge in [-0.25, -0.2) is 9.79 Å². The Kier molecular flexibility index (Phi) is 5.83. The van der Waals surface area contributed by atoms with E-state index in [2.05, 4.69) is 26.7 Å². The van der Waals surface area contributed by atoms with E-state index < -0.39 is 0 Å². The fourth-order valence-electron chi connectivity index (χ4n) is 1.91. The van der Waals surface area contributed by atoms with Crippen LogP contribution in [-0.2, 0) is 9.53 Å². The summed E-state index contributed by atoms with van der Waals surface area (Å²) in [6.45, 7) is 5.23. The van der Waals surface area contributed by atoms with Crippen molar-refractivity contribution in [1.29, 1.82) is 0 Å². The van der Waals surface area contributed by atoms with Crippen LogP contribution in [0.15, 0.2) is 57.0 Å². The van der Waals surface area contributed by atoms with Crippen molar-refractivity contribution in [2.45, 2.75) is 13.8 Å². The quantitative estimate of drug-likeness (QED) is 0.537. The Morgan fingerprint density at radius 1 is 1.64 bits per heavy atom. The molecule has 0 aromatic rings. The second kappa shape index (κ2) is 7.63. The molecule has 0 saturated heterocycles. The molecule has 0 fully saturated rings. The molecule has 0 amide bonds. The minimum Gasteiger partial charge on any atom is -0.456 e. The van der Waals surface area contributed by atoms with Crippen LogP contribution < -0.4 is 0 Å². The number of ether oxygens (including phenoxy) is 1. The first-order chi connectivity index (χ1) is 10.5. The molecule has 0 spiro atoms. The predicted octanol–water partition coefficient (Wildman–Crippen LogP) is 3.66. The maximum Gasteiger partial charge on any atom is 0.333 e. The molecule has 116 valence electrons. The highest BCUT2D eigenvalue weighted by atomic mass is 79.9. The molecule has 2 aliphatic rings. The van der Waals surface area contributed by atoms with E-state index in [1.54, 1.807) is 6.20 Å². The number of hydrogen-bond acceptors (Lipinski definition) is 4. The summed E-state index contributed by atoms with van der Waals surface area (Å²) >= 11 is 9.31. The largest absolute Gasteiger partial charge is 0.456 e. The zero-order valence-electron chi connectivity index (χ0n) is 12.4. The van der Waals surface area contributed by atoms with Crippen LogP contribution in [-0.4, -0.2) is 35.2 Å². The van der Waals surface area contributed by atoms with Crippen LogP contribution in [0.1, 0.15) is 13.8 Å². The molecular weight excluding hydrogens is 368 g/mol. The predicted molar refractivity (Wildman–Crippen MR) is 91.9 cm³/mol. The minimum atomic E-state index is -0.312. The first-order valence-corrected chi connectivity index (χ1v) is 7.93. The molecule has 0 aliphatic carbocycles. The third-order valence-corrected chi connectivity index (χ3v) is 4.10. The molecule has 0 aromatic heterocycles. The van der Waals surface area contributed by atoms with E-state index in [0.717, 1.165) is 21.5 Å². The lowest BCUT2D eigenvalue weighted by Crippen LogP contribution is -2.26. The number of cyclic esters (lactones) is 1. The molecule has 0 atom stereocenters. The summed E-state index contributed by atoms with van der Waals surface area (Å²) in [5, 5.41) is 0.706. The van der Waals surface area contributed by atoms with Crippen LogP contribution in [0.5, 0.6) is 0 Å². The Morgan fingerprint density at radius 3 is 3.05 bits per heavy atom. The maximum absolute atomic E-state index is 11.3. The molecule has 0 saturated carbocycles. The molecular formula is C16H16BrClN2O2. The number of hydrogen-bond donors (Lipinski definition) is 0. The molecule has 4 nitrogen and oxygen atoms in total. The normalized spacial score (nSPS) is 18.2. The van der Waals surface area contributed by atoms with Crippen LogP contribution in [0.4, 0.5) is 0 Å². The van der Waals surface area contributed by atoms with E-state index in [1.807, 2.05) is 30.9 Å². The summed E-state index contributed by atoms with van der Waals surface area (Å²) in [7, 11) is 0. The van der Waals surface area contributed by atoms with Crippen LogP contribution in [0.2, 0.25) is 0 Å². The van der Waals surface area contributed by atoms with E-state index in [1.165, 1.54) is 6.08 Å². The lowest BCUT2D eigenvalue weighted by molar-refractivity contribution is -0.135. The molecule has 0 aromatic carbocycles. The van der Waals surface area contributed by atoms with Gasteiger partial charge in [0.25, 0.3) is 0 Å². The third kappa shape index (κ3) is 4.73. The van der Waals surface area contributed by atoms with Gasteiger partial charge in [0.15, 0.2) is 0 Å². The van der Waals surface area contributed by atoms with Gasteiger partial charge in [-0.15, -0.1) is 5.73 Å². The Labute approximate surface area is 143 Å². The average molecular weight is 384 g/mol. The number of carbonyl (C=O) groups is 1. The molecule has 0 unspecified atom stereocenters. The molecule has 0 N–H and O–H groups in total. The van der Waals surface area contributed by atoms with Crippen molar-refractivity contribution in [2.75, 3.05) is 19.7 Å². The van der Waals surface area contributed by atoms with Gasteiger partial charge in [0.1, 0.15) is 11.2 Å². The fraction of sp³-hybridized carbons (Fsp3) is 0.312. The van der Waals surface area contributed by atoms with Gasteiger partial charge in [-0.05, 0) is 41.4 Å². The number of nitrogens with zero attached hydrogens (tertiary/aromatic N) is 2. The SMILES string of the molecule is CC1=C=CC(CN(C/C=C(/C)Cl)C2=CC(=O)OC2)=CN=C1Br. The highest BCUT2D eigenvalue weighted by molar-refractivity contribution is 9.18. The second-order valence-electron chi connectivity index (χ2n) is 4.95. The maximum atomic E-state index is 11.3. The van der Waals surface area contributed by atoms with Crippen molar-refractivity contribution < 1.29 is 9.53 Å². The lowest BCUT2D eigenvalue weighted by Gasteiger charge is -2.23. The van der Waals surface area contributed by atoms with Gasteiger partial charge >= 0.3 is 5.97 Å². The van der Waals surface area contributed by atoms with E-state index in [4.69, 9.17) is 16.3 Å². The Hall–Kier alpha value is -1.55.